The minimum Gasteiger partial charge on any atom is -0.149 e. The molecule has 0 aliphatic heterocycles. The van der Waals surface area contributed by atoms with Crippen LogP contribution in [0.1, 0.15) is 0 Å². The molecule has 0 spiro atoms. The Morgan fingerprint density at radius 2 is 0.324 bits per heavy atom. The molecule has 37 heavy (non-hydrogen) atoms. The van der Waals surface area contributed by atoms with Gasteiger partial charge in [-0.15, -0.1) is 8.29 Å². The van der Waals surface area contributed by atoms with Crippen LogP contribution in [0, 0.1) is 0 Å². The second kappa shape index (κ2) is 8.65. The van der Waals surface area contributed by atoms with Crippen LogP contribution in [0.4, 0.5) is 0 Å². The third-order valence-corrected chi connectivity index (χ3v) is 16.7. The Labute approximate surface area is 219 Å². The van der Waals surface area contributed by atoms with Crippen molar-refractivity contribution in [1.29, 1.82) is 0 Å². The van der Waals surface area contributed by atoms with E-state index in [1.807, 2.05) is 0 Å². The molecule has 6 aromatic carbocycles. The van der Waals surface area contributed by atoms with Crippen LogP contribution in [0.15, 0.2) is 211 Å². The van der Waals surface area contributed by atoms with E-state index in [-0.39, 0.29) is 0 Å². The van der Waals surface area contributed by atoms with Crippen molar-refractivity contribution in [2.24, 2.45) is 0 Å². The molecular weight excluding hydrogens is 464 g/mol. The Bertz CT molecular complexity index is 1270. The number of hydrogen-bond acceptors (Lipinski definition) is 0. The SMILES string of the molecule is c1ccc(S(c2ccccc2)(c2ccccc2)(c2ccccc2)(c2ccccc2)c2ccccc2)cc1. The molecule has 0 bridgehead atoms. The molecule has 0 heterocycles. The summed E-state index contributed by atoms with van der Waals surface area (Å²) in [6, 6.07) is 67.1. The van der Waals surface area contributed by atoms with Crippen molar-refractivity contribution in [2.75, 3.05) is 0 Å². The highest BCUT2D eigenvalue weighted by molar-refractivity contribution is 8.64. The Kier molecular flexibility index (Phi) is 5.40. The smallest absolute Gasteiger partial charge is 0.00452 e. The number of benzene rings is 6. The first-order chi connectivity index (χ1) is 18.3. The van der Waals surface area contributed by atoms with Crippen molar-refractivity contribution in [2.45, 2.75) is 29.4 Å². The zero-order chi connectivity index (χ0) is 25.1. The highest BCUT2D eigenvalue weighted by Crippen LogP contribution is 3.13. The van der Waals surface area contributed by atoms with E-state index >= 15 is 0 Å². The number of hydrogen-bond donors (Lipinski definition) is 0. The fourth-order valence-electron chi connectivity index (χ4n) is 6.61. The summed E-state index contributed by atoms with van der Waals surface area (Å²) in [6.45, 7) is 0. The van der Waals surface area contributed by atoms with Crippen LogP contribution < -0.4 is 0 Å². The quantitative estimate of drug-likeness (QED) is 0.216. The van der Waals surface area contributed by atoms with Crippen LogP contribution in [-0.2, 0) is 0 Å². The van der Waals surface area contributed by atoms with E-state index in [1.165, 1.54) is 29.4 Å². The Morgan fingerprint density at radius 3 is 0.459 bits per heavy atom. The summed E-state index contributed by atoms with van der Waals surface area (Å²) in [5, 5.41) is 0. The van der Waals surface area contributed by atoms with E-state index in [9.17, 15) is 0 Å². The lowest BCUT2D eigenvalue weighted by atomic mass is 10.3. The van der Waals surface area contributed by atoms with Gasteiger partial charge in [-0.1, -0.05) is 109 Å². The molecule has 0 saturated carbocycles. The van der Waals surface area contributed by atoms with Gasteiger partial charge in [0.25, 0.3) is 0 Å². The van der Waals surface area contributed by atoms with Crippen molar-refractivity contribution in [3.8, 4) is 0 Å². The first-order valence-electron chi connectivity index (χ1n) is 12.7. The standard InChI is InChI=1S/C36H30S/c1-7-19-31(20-8-1)37(32-21-9-2-10-22-32,33-23-11-3-12-24-33,34-25-13-4-14-26-34,35-27-15-5-16-28-35)36-29-17-6-18-30-36/h1-30H. The summed E-state index contributed by atoms with van der Waals surface area (Å²) >= 11 is 0. The third kappa shape index (κ3) is 2.59. The molecule has 0 unspecified atom stereocenters. The lowest BCUT2D eigenvalue weighted by Crippen LogP contribution is -2.39. The van der Waals surface area contributed by atoms with Crippen LogP contribution >= 0.6 is 8.29 Å². The minimum atomic E-state index is -4.20. The lowest BCUT2D eigenvalue weighted by molar-refractivity contribution is 1.06. The van der Waals surface area contributed by atoms with Gasteiger partial charge in [-0.25, -0.2) is 0 Å². The molecule has 0 saturated heterocycles. The van der Waals surface area contributed by atoms with E-state index in [0.717, 1.165) is 0 Å². The van der Waals surface area contributed by atoms with Gasteiger partial charge in [-0.3, -0.25) is 0 Å². The van der Waals surface area contributed by atoms with E-state index in [2.05, 4.69) is 182 Å². The molecule has 180 valence electrons. The molecule has 0 N–H and O–H groups in total. The second-order valence-corrected chi connectivity index (χ2v) is 15.3. The van der Waals surface area contributed by atoms with Crippen molar-refractivity contribution in [1.82, 2.24) is 0 Å². The molecule has 6 rings (SSSR count). The van der Waals surface area contributed by atoms with Crippen molar-refractivity contribution >= 4 is 8.29 Å². The maximum absolute atomic E-state index is 4.20. The summed E-state index contributed by atoms with van der Waals surface area (Å²) in [6.07, 6.45) is 0. The molecule has 1 heteroatoms. The highest BCUT2D eigenvalue weighted by Gasteiger charge is 2.68. The first kappa shape index (κ1) is 23.1. The third-order valence-electron chi connectivity index (χ3n) is 7.99. The maximum Gasteiger partial charge on any atom is -0.00452 e. The molecule has 0 aromatic heterocycles. The molecule has 0 amide bonds. The van der Waals surface area contributed by atoms with Crippen LogP contribution in [-0.4, -0.2) is 0 Å². The van der Waals surface area contributed by atoms with Crippen LogP contribution in [0.5, 0.6) is 0 Å². The largest absolute Gasteiger partial charge is 0.149 e. The fraction of sp³-hybridized carbons (Fsp3) is 0. The monoisotopic (exact) mass is 494 g/mol. The Balaban J connectivity index is 2.15. The van der Waals surface area contributed by atoms with Crippen LogP contribution in [0.2, 0.25) is 0 Å². The summed E-state index contributed by atoms with van der Waals surface area (Å²) in [7, 11) is -4.20. The molecule has 0 fully saturated rings. The van der Waals surface area contributed by atoms with E-state index < -0.39 is 8.29 Å². The molecule has 0 atom stereocenters. The summed E-state index contributed by atoms with van der Waals surface area (Å²) < 4.78 is 0. The van der Waals surface area contributed by atoms with Gasteiger partial charge in [0, 0.05) is 0 Å². The van der Waals surface area contributed by atoms with Crippen molar-refractivity contribution in [3.05, 3.63) is 182 Å². The summed E-state index contributed by atoms with van der Waals surface area (Å²) in [5.74, 6) is 0. The molecule has 0 aliphatic carbocycles. The summed E-state index contributed by atoms with van der Waals surface area (Å²) in [4.78, 5) is 7.69. The van der Waals surface area contributed by atoms with Gasteiger partial charge in [0.2, 0.25) is 0 Å². The average Bonchev–Trinajstić information content (AvgIpc) is 3.02. The Morgan fingerprint density at radius 1 is 0.189 bits per heavy atom. The molecule has 0 nitrogen and oxygen atoms in total. The highest BCUT2D eigenvalue weighted by atomic mass is 32.4. The van der Waals surface area contributed by atoms with Crippen molar-refractivity contribution in [3.63, 3.8) is 0 Å². The molecule has 0 radical (unpaired) electrons. The van der Waals surface area contributed by atoms with Gasteiger partial charge in [-0.05, 0) is 102 Å². The second-order valence-electron chi connectivity index (χ2n) is 9.41. The first-order valence-corrected chi connectivity index (χ1v) is 15.1. The average molecular weight is 495 g/mol. The lowest BCUT2D eigenvalue weighted by Gasteiger charge is -2.80. The van der Waals surface area contributed by atoms with Crippen LogP contribution in [0.25, 0.3) is 0 Å². The van der Waals surface area contributed by atoms with E-state index in [4.69, 9.17) is 0 Å². The Hall–Kier alpha value is -4.33. The van der Waals surface area contributed by atoms with Crippen molar-refractivity contribution < 1.29 is 0 Å². The summed E-state index contributed by atoms with van der Waals surface area (Å²) in [5.41, 5.74) is 0. The predicted octanol–water partition coefficient (Wildman–Crippen LogP) is 10.2. The van der Waals surface area contributed by atoms with Crippen LogP contribution in [0.3, 0.4) is 0 Å². The molecule has 0 aliphatic rings. The molecular formula is C36H30S. The van der Waals surface area contributed by atoms with E-state index in [0.29, 0.717) is 0 Å². The van der Waals surface area contributed by atoms with Gasteiger partial charge in [0.15, 0.2) is 0 Å². The number of rotatable bonds is 6. The van der Waals surface area contributed by atoms with Gasteiger partial charge in [-0.2, -0.15) is 0 Å². The topological polar surface area (TPSA) is 0 Å². The predicted molar refractivity (Wildman–Crippen MR) is 156 cm³/mol. The van der Waals surface area contributed by atoms with Gasteiger partial charge in [0.1, 0.15) is 0 Å². The van der Waals surface area contributed by atoms with Gasteiger partial charge in [0.05, 0.1) is 0 Å². The fourth-order valence-corrected chi connectivity index (χ4v) is 15.7. The maximum atomic E-state index is 2.34. The van der Waals surface area contributed by atoms with E-state index in [1.54, 1.807) is 0 Å². The zero-order valence-corrected chi connectivity index (χ0v) is 21.5. The minimum absolute atomic E-state index is 1.28. The normalized spacial score (nSPS) is 13.3. The zero-order valence-electron chi connectivity index (χ0n) is 20.7. The van der Waals surface area contributed by atoms with Gasteiger partial charge < -0.3 is 0 Å². The van der Waals surface area contributed by atoms with Gasteiger partial charge >= 0.3 is 0 Å². The molecule has 6 aromatic rings.